The van der Waals surface area contributed by atoms with Crippen molar-refractivity contribution in [3.63, 3.8) is 0 Å². The lowest BCUT2D eigenvalue weighted by Gasteiger charge is -2.32. The molecule has 7 rings (SSSR count). The molecular formula is C38H38BN3O5. The minimum atomic E-state index is -0.420. The molecule has 0 atom stereocenters. The molecule has 0 saturated carbocycles. The number of carbonyl (C=O) groups is 1. The Morgan fingerprint density at radius 3 is 2.26 bits per heavy atom. The van der Waals surface area contributed by atoms with Gasteiger partial charge in [-0.25, -0.2) is 4.68 Å². The summed E-state index contributed by atoms with van der Waals surface area (Å²) in [5, 5.41) is 4.97. The van der Waals surface area contributed by atoms with E-state index in [2.05, 4.69) is 38.7 Å². The highest BCUT2D eigenvalue weighted by atomic mass is 16.7. The molecular weight excluding hydrogens is 589 g/mol. The molecule has 5 aromatic rings. The first-order valence-corrected chi connectivity index (χ1v) is 16.2. The SMILES string of the molecule is CC1(C)OB(c2cccc(OCCCOc3ccc(-n4cc(-c5ccc6c(c5)CCC6=O)c(-c5ccncc5)n4)cc3)c2)OC1(C)C. The molecule has 0 bridgehead atoms. The number of aromatic nitrogens is 3. The molecule has 1 saturated heterocycles. The number of fused-ring (bicyclic) bond motifs is 1. The van der Waals surface area contributed by atoms with E-state index in [9.17, 15) is 4.79 Å². The van der Waals surface area contributed by atoms with Gasteiger partial charge in [-0.15, -0.1) is 0 Å². The van der Waals surface area contributed by atoms with E-state index in [1.807, 2.05) is 83.7 Å². The molecule has 0 radical (unpaired) electrons. The number of ether oxygens (including phenoxy) is 2. The molecule has 1 aliphatic carbocycles. The van der Waals surface area contributed by atoms with E-state index < -0.39 is 7.12 Å². The van der Waals surface area contributed by atoms with Crippen LogP contribution in [0.15, 0.2) is 97.5 Å². The molecule has 0 unspecified atom stereocenters. The van der Waals surface area contributed by atoms with Crippen molar-refractivity contribution in [2.75, 3.05) is 13.2 Å². The molecule has 0 spiro atoms. The van der Waals surface area contributed by atoms with Crippen LogP contribution in [0.2, 0.25) is 0 Å². The molecule has 238 valence electrons. The van der Waals surface area contributed by atoms with Crippen molar-refractivity contribution in [3.8, 4) is 39.6 Å². The van der Waals surface area contributed by atoms with Crippen LogP contribution in [0.1, 0.15) is 56.5 Å². The third-order valence-corrected chi connectivity index (χ3v) is 9.32. The van der Waals surface area contributed by atoms with Gasteiger partial charge in [0.1, 0.15) is 17.2 Å². The number of Topliss-reactive ketones (excluding diaryl/α,β-unsaturated/α-hetero) is 1. The Kier molecular flexibility index (Phi) is 8.20. The maximum Gasteiger partial charge on any atom is 0.494 e. The molecule has 9 heteroatoms. The van der Waals surface area contributed by atoms with Crippen LogP contribution in [0.4, 0.5) is 0 Å². The molecule has 2 aromatic heterocycles. The average molecular weight is 628 g/mol. The second-order valence-electron chi connectivity index (χ2n) is 13.1. The molecule has 1 fully saturated rings. The van der Waals surface area contributed by atoms with E-state index in [0.717, 1.165) is 69.0 Å². The number of hydrogen-bond acceptors (Lipinski definition) is 7. The van der Waals surface area contributed by atoms with E-state index in [-0.39, 0.29) is 17.0 Å². The zero-order valence-electron chi connectivity index (χ0n) is 27.2. The summed E-state index contributed by atoms with van der Waals surface area (Å²) in [6.07, 6.45) is 7.68. The largest absolute Gasteiger partial charge is 0.494 e. The number of aryl methyl sites for hydroxylation is 1. The molecule has 3 heterocycles. The fourth-order valence-electron chi connectivity index (χ4n) is 5.93. The van der Waals surface area contributed by atoms with Crippen molar-refractivity contribution in [3.05, 3.63) is 109 Å². The zero-order chi connectivity index (χ0) is 32.6. The molecule has 8 nitrogen and oxygen atoms in total. The van der Waals surface area contributed by atoms with E-state index in [4.69, 9.17) is 23.9 Å². The van der Waals surface area contributed by atoms with Crippen molar-refractivity contribution in [1.82, 2.24) is 14.8 Å². The fraction of sp³-hybridized carbons (Fsp3) is 0.289. The highest BCUT2D eigenvalue weighted by Gasteiger charge is 2.51. The minimum Gasteiger partial charge on any atom is -0.493 e. The normalized spacial score (nSPS) is 16.3. The summed E-state index contributed by atoms with van der Waals surface area (Å²) in [5.41, 5.74) is 6.90. The monoisotopic (exact) mass is 627 g/mol. The lowest BCUT2D eigenvalue weighted by Crippen LogP contribution is -2.41. The van der Waals surface area contributed by atoms with Crippen LogP contribution in [-0.4, -0.2) is 52.1 Å². The topological polar surface area (TPSA) is 84.7 Å². The molecule has 1 aliphatic heterocycles. The summed E-state index contributed by atoms with van der Waals surface area (Å²) in [7, 11) is -0.420. The van der Waals surface area contributed by atoms with Crippen molar-refractivity contribution in [2.45, 2.75) is 58.2 Å². The number of carbonyl (C=O) groups excluding carboxylic acids is 1. The van der Waals surface area contributed by atoms with E-state index in [0.29, 0.717) is 19.6 Å². The minimum absolute atomic E-state index is 0.218. The van der Waals surface area contributed by atoms with Gasteiger partial charge in [0.25, 0.3) is 0 Å². The van der Waals surface area contributed by atoms with Gasteiger partial charge < -0.3 is 18.8 Å². The lowest BCUT2D eigenvalue weighted by molar-refractivity contribution is 0.00578. The van der Waals surface area contributed by atoms with Gasteiger partial charge in [-0.2, -0.15) is 5.10 Å². The van der Waals surface area contributed by atoms with E-state index in [1.165, 1.54) is 0 Å². The predicted octanol–water partition coefficient (Wildman–Crippen LogP) is 6.88. The highest BCUT2D eigenvalue weighted by Crippen LogP contribution is 2.37. The quantitative estimate of drug-likeness (QED) is 0.123. The summed E-state index contributed by atoms with van der Waals surface area (Å²) < 4.78 is 26.3. The predicted molar refractivity (Wildman–Crippen MR) is 183 cm³/mol. The maximum absolute atomic E-state index is 12.2. The van der Waals surface area contributed by atoms with Crippen molar-refractivity contribution in [1.29, 1.82) is 0 Å². The van der Waals surface area contributed by atoms with Crippen LogP contribution in [0, 0.1) is 0 Å². The highest BCUT2D eigenvalue weighted by molar-refractivity contribution is 6.62. The smallest absolute Gasteiger partial charge is 0.493 e. The summed E-state index contributed by atoms with van der Waals surface area (Å²) >= 11 is 0. The van der Waals surface area contributed by atoms with Gasteiger partial charge in [0.05, 0.1) is 30.1 Å². The van der Waals surface area contributed by atoms with Gasteiger partial charge in [-0.05, 0) is 99.2 Å². The first-order valence-electron chi connectivity index (χ1n) is 16.2. The third-order valence-electron chi connectivity index (χ3n) is 9.32. The number of ketones is 1. The van der Waals surface area contributed by atoms with Crippen molar-refractivity contribution in [2.24, 2.45) is 0 Å². The summed E-state index contributed by atoms with van der Waals surface area (Å²) in [6, 6.07) is 25.8. The van der Waals surface area contributed by atoms with Crippen molar-refractivity contribution < 1.29 is 23.6 Å². The Balaban J connectivity index is 0.977. The van der Waals surface area contributed by atoms with E-state index in [1.54, 1.807) is 12.4 Å². The Bertz CT molecular complexity index is 1890. The standard InChI is InChI=1S/C38H38BN3O5/c1-37(2)38(3,4)47-39(46-37)29-7-5-8-32(24-29)45-22-6-21-44-31-13-11-30(12-14-31)42-25-34(36(41-42)26-17-19-40-20-18-26)28-9-15-33-27(23-28)10-16-35(33)43/h5,7-9,11-15,17-20,23-25H,6,10,16,21-22H2,1-4H3. The van der Waals surface area contributed by atoms with Gasteiger partial charge in [0.2, 0.25) is 0 Å². The average Bonchev–Trinajstić information content (AvgIpc) is 3.74. The Hall–Kier alpha value is -4.73. The van der Waals surface area contributed by atoms with Gasteiger partial charge in [0.15, 0.2) is 5.78 Å². The lowest BCUT2D eigenvalue weighted by atomic mass is 9.79. The molecule has 3 aromatic carbocycles. The number of hydrogen-bond donors (Lipinski definition) is 0. The van der Waals surface area contributed by atoms with Crippen LogP contribution in [-0.2, 0) is 15.7 Å². The van der Waals surface area contributed by atoms with Gasteiger partial charge in [-0.1, -0.05) is 30.3 Å². The fourth-order valence-corrected chi connectivity index (χ4v) is 5.93. The zero-order valence-corrected chi connectivity index (χ0v) is 27.2. The van der Waals surface area contributed by atoms with Crippen LogP contribution >= 0.6 is 0 Å². The number of rotatable bonds is 10. The van der Waals surface area contributed by atoms with Gasteiger partial charge >= 0.3 is 7.12 Å². The molecule has 0 amide bonds. The molecule has 0 N–H and O–H groups in total. The van der Waals surface area contributed by atoms with E-state index >= 15 is 0 Å². The Morgan fingerprint density at radius 2 is 1.51 bits per heavy atom. The molecule has 47 heavy (non-hydrogen) atoms. The van der Waals surface area contributed by atoms with Gasteiger partial charge in [-0.3, -0.25) is 9.78 Å². The summed E-state index contributed by atoms with van der Waals surface area (Å²) in [6.45, 7) is 9.25. The summed E-state index contributed by atoms with van der Waals surface area (Å²) in [5.74, 6) is 1.77. The number of pyridine rings is 1. The summed E-state index contributed by atoms with van der Waals surface area (Å²) in [4.78, 5) is 16.4. The first-order chi connectivity index (χ1) is 22.7. The third kappa shape index (κ3) is 6.33. The number of nitrogens with zero attached hydrogens (tertiary/aromatic N) is 3. The first kappa shape index (κ1) is 30.9. The Morgan fingerprint density at radius 1 is 0.787 bits per heavy atom. The van der Waals surface area contributed by atoms with Crippen LogP contribution in [0.25, 0.3) is 28.1 Å². The van der Waals surface area contributed by atoms with Gasteiger partial charge in [0, 0.05) is 48.1 Å². The Labute approximate surface area is 275 Å². The number of benzene rings is 3. The van der Waals surface area contributed by atoms with Crippen molar-refractivity contribution >= 4 is 18.4 Å². The van der Waals surface area contributed by atoms with Crippen LogP contribution in [0.3, 0.4) is 0 Å². The second kappa shape index (κ2) is 12.5. The van der Waals surface area contributed by atoms with Crippen LogP contribution < -0.4 is 14.9 Å². The molecule has 2 aliphatic rings. The maximum atomic E-state index is 12.2. The van der Waals surface area contributed by atoms with Crippen LogP contribution in [0.5, 0.6) is 11.5 Å². The second-order valence-corrected chi connectivity index (χ2v) is 13.1.